The number of aryl methyl sites for hydroxylation is 1. The second-order valence-electron chi connectivity index (χ2n) is 9.41. The summed E-state index contributed by atoms with van der Waals surface area (Å²) in [6, 6.07) is 7.48. The number of unbranched alkanes of at least 4 members (excludes halogenated alkanes) is 1. The molecule has 1 N–H and O–H groups in total. The standard InChI is InChI=1S/C23H31N3O2/c1-5-6-13-26-21(28)17-10-8-7-9-16(17)19(25-26)20(27)24-18-14-15-11-12-23(18,4)22(15,2)3/h7-10,15,18H,5-6,11-14H2,1-4H3,(H,24,27)/t15-,18-,23-/m1/s1. The number of rotatable bonds is 5. The van der Waals surface area contributed by atoms with Crippen molar-refractivity contribution in [2.45, 2.75) is 72.4 Å². The highest BCUT2D eigenvalue weighted by Gasteiger charge is 2.61. The topological polar surface area (TPSA) is 64.0 Å². The average molecular weight is 382 g/mol. The van der Waals surface area contributed by atoms with Crippen molar-refractivity contribution >= 4 is 16.7 Å². The van der Waals surface area contributed by atoms with E-state index in [-0.39, 0.29) is 28.3 Å². The number of carbonyl (C=O) groups is 1. The number of hydrogen-bond acceptors (Lipinski definition) is 3. The van der Waals surface area contributed by atoms with Crippen LogP contribution in [0.3, 0.4) is 0 Å². The van der Waals surface area contributed by atoms with E-state index >= 15 is 0 Å². The summed E-state index contributed by atoms with van der Waals surface area (Å²) in [6.07, 6.45) is 5.27. The quantitative estimate of drug-likeness (QED) is 0.846. The number of benzene rings is 1. The van der Waals surface area contributed by atoms with Crippen molar-refractivity contribution in [2.75, 3.05) is 0 Å². The number of fused-ring (bicyclic) bond motifs is 3. The molecule has 28 heavy (non-hydrogen) atoms. The van der Waals surface area contributed by atoms with Gasteiger partial charge in [0.25, 0.3) is 11.5 Å². The SMILES string of the molecule is CCCCn1nc(C(=O)N[C@@H]2C[C@H]3CC[C@@]2(C)C3(C)C)c2ccccc2c1=O. The summed E-state index contributed by atoms with van der Waals surface area (Å²) in [6.45, 7) is 9.62. The van der Waals surface area contributed by atoms with Gasteiger partial charge in [-0.2, -0.15) is 5.10 Å². The van der Waals surface area contributed by atoms with E-state index in [9.17, 15) is 9.59 Å². The summed E-state index contributed by atoms with van der Waals surface area (Å²) >= 11 is 0. The van der Waals surface area contributed by atoms with Crippen LogP contribution in [0.1, 0.15) is 70.3 Å². The van der Waals surface area contributed by atoms with Crippen molar-refractivity contribution in [3.63, 3.8) is 0 Å². The van der Waals surface area contributed by atoms with E-state index in [1.54, 1.807) is 6.07 Å². The number of hydrogen-bond donors (Lipinski definition) is 1. The minimum atomic E-state index is -0.156. The van der Waals surface area contributed by atoms with Crippen molar-refractivity contribution in [2.24, 2.45) is 16.7 Å². The molecule has 2 aromatic rings. The Morgan fingerprint density at radius 1 is 1.25 bits per heavy atom. The van der Waals surface area contributed by atoms with Gasteiger partial charge in [0.1, 0.15) is 0 Å². The van der Waals surface area contributed by atoms with E-state index in [2.05, 4.69) is 38.1 Å². The molecule has 0 radical (unpaired) electrons. The molecule has 2 aliphatic rings. The van der Waals surface area contributed by atoms with E-state index in [0.29, 0.717) is 28.9 Å². The third-order valence-corrected chi connectivity index (χ3v) is 7.91. The summed E-state index contributed by atoms with van der Waals surface area (Å²) in [7, 11) is 0. The van der Waals surface area contributed by atoms with Crippen LogP contribution in [0.25, 0.3) is 10.8 Å². The zero-order valence-corrected chi connectivity index (χ0v) is 17.4. The fourth-order valence-electron chi connectivity index (χ4n) is 5.51. The van der Waals surface area contributed by atoms with Crippen LogP contribution in [0.4, 0.5) is 0 Å². The van der Waals surface area contributed by atoms with Gasteiger partial charge in [0.15, 0.2) is 5.69 Å². The van der Waals surface area contributed by atoms with Gasteiger partial charge in [0.2, 0.25) is 0 Å². The second kappa shape index (κ2) is 6.71. The molecule has 5 heteroatoms. The summed E-state index contributed by atoms with van der Waals surface area (Å²) in [5.41, 5.74) is 0.601. The molecule has 1 heterocycles. The average Bonchev–Trinajstić information content (AvgIpc) is 3.01. The first-order valence-electron chi connectivity index (χ1n) is 10.6. The lowest BCUT2D eigenvalue weighted by Crippen LogP contribution is -2.47. The molecule has 2 fully saturated rings. The van der Waals surface area contributed by atoms with Crippen LogP contribution < -0.4 is 10.9 Å². The van der Waals surface area contributed by atoms with E-state index in [0.717, 1.165) is 25.7 Å². The maximum atomic E-state index is 13.3. The molecular formula is C23H31N3O2. The molecule has 4 rings (SSSR count). The first-order chi connectivity index (χ1) is 13.3. The Morgan fingerprint density at radius 3 is 2.57 bits per heavy atom. The number of nitrogens with one attached hydrogen (secondary N) is 1. The lowest BCUT2D eigenvalue weighted by Gasteiger charge is -2.39. The highest BCUT2D eigenvalue weighted by atomic mass is 16.2. The third-order valence-electron chi connectivity index (χ3n) is 7.91. The van der Waals surface area contributed by atoms with Gasteiger partial charge in [-0.15, -0.1) is 0 Å². The van der Waals surface area contributed by atoms with Gasteiger partial charge in [-0.25, -0.2) is 4.68 Å². The Bertz CT molecular complexity index is 977. The molecular weight excluding hydrogens is 350 g/mol. The van der Waals surface area contributed by atoms with E-state index in [4.69, 9.17) is 0 Å². The van der Waals surface area contributed by atoms with Crippen LogP contribution in [0.5, 0.6) is 0 Å². The molecule has 0 spiro atoms. The van der Waals surface area contributed by atoms with E-state index in [1.807, 2.05) is 18.2 Å². The van der Waals surface area contributed by atoms with Gasteiger partial charge in [-0.3, -0.25) is 9.59 Å². The maximum absolute atomic E-state index is 13.3. The van der Waals surface area contributed by atoms with E-state index in [1.165, 1.54) is 11.1 Å². The van der Waals surface area contributed by atoms with Crippen LogP contribution in [0.15, 0.2) is 29.1 Å². The highest BCUT2D eigenvalue weighted by molar-refractivity contribution is 6.04. The first kappa shape index (κ1) is 19.2. The van der Waals surface area contributed by atoms with Gasteiger partial charge >= 0.3 is 0 Å². The van der Waals surface area contributed by atoms with Crippen LogP contribution >= 0.6 is 0 Å². The largest absolute Gasteiger partial charge is 0.347 e. The molecule has 1 aromatic heterocycles. The van der Waals surface area contributed by atoms with Crippen molar-refractivity contribution in [1.29, 1.82) is 0 Å². The van der Waals surface area contributed by atoms with Gasteiger partial charge in [0.05, 0.1) is 5.39 Å². The van der Waals surface area contributed by atoms with Gasteiger partial charge < -0.3 is 5.32 Å². The molecule has 150 valence electrons. The smallest absolute Gasteiger partial charge is 0.274 e. The van der Waals surface area contributed by atoms with E-state index < -0.39 is 0 Å². The molecule has 3 atom stereocenters. The molecule has 0 unspecified atom stereocenters. The van der Waals surface area contributed by atoms with Crippen LogP contribution in [-0.2, 0) is 6.54 Å². The summed E-state index contributed by atoms with van der Waals surface area (Å²) in [4.78, 5) is 26.1. The van der Waals surface area contributed by atoms with Gasteiger partial charge in [-0.05, 0) is 48.5 Å². The molecule has 1 amide bonds. The minimum absolute atomic E-state index is 0.111. The lowest BCUT2D eigenvalue weighted by atomic mass is 9.69. The molecule has 2 saturated carbocycles. The predicted octanol–water partition coefficient (Wildman–Crippen LogP) is 4.14. The maximum Gasteiger partial charge on any atom is 0.274 e. The monoisotopic (exact) mass is 381 g/mol. The van der Waals surface area contributed by atoms with Crippen LogP contribution in [0.2, 0.25) is 0 Å². The Hall–Kier alpha value is -2.17. The number of amides is 1. The van der Waals surface area contributed by atoms with Gasteiger partial charge in [0, 0.05) is 18.0 Å². The van der Waals surface area contributed by atoms with Crippen molar-refractivity contribution in [3.05, 3.63) is 40.3 Å². The molecule has 2 bridgehead atoms. The third kappa shape index (κ3) is 2.70. The minimum Gasteiger partial charge on any atom is -0.347 e. The van der Waals surface area contributed by atoms with Gasteiger partial charge in [-0.1, -0.05) is 52.3 Å². The summed E-state index contributed by atoms with van der Waals surface area (Å²) < 4.78 is 1.47. The second-order valence-corrected chi connectivity index (χ2v) is 9.41. The van der Waals surface area contributed by atoms with Crippen molar-refractivity contribution in [3.8, 4) is 0 Å². The van der Waals surface area contributed by atoms with Crippen LogP contribution in [0, 0.1) is 16.7 Å². The fourth-order valence-corrected chi connectivity index (χ4v) is 5.51. The number of nitrogens with zero attached hydrogens (tertiary/aromatic N) is 2. The molecule has 0 aliphatic heterocycles. The Kier molecular flexibility index (Phi) is 4.59. The fraction of sp³-hybridized carbons (Fsp3) is 0.609. The molecule has 5 nitrogen and oxygen atoms in total. The molecule has 1 aromatic carbocycles. The van der Waals surface area contributed by atoms with Crippen molar-refractivity contribution < 1.29 is 4.79 Å². The highest BCUT2D eigenvalue weighted by Crippen LogP contribution is 2.65. The lowest BCUT2D eigenvalue weighted by molar-refractivity contribution is 0.0821. The number of carbonyl (C=O) groups excluding carboxylic acids is 1. The number of aromatic nitrogens is 2. The summed E-state index contributed by atoms with van der Waals surface area (Å²) in [5, 5.41) is 9.01. The molecule has 2 aliphatic carbocycles. The first-order valence-corrected chi connectivity index (χ1v) is 10.6. The van der Waals surface area contributed by atoms with Crippen molar-refractivity contribution in [1.82, 2.24) is 15.1 Å². The Labute approximate surface area is 166 Å². The van der Waals surface area contributed by atoms with Crippen LogP contribution in [-0.4, -0.2) is 21.7 Å². The normalized spacial score (nSPS) is 28.0. The Morgan fingerprint density at radius 2 is 1.96 bits per heavy atom. The summed E-state index contributed by atoms with van der Waals surface area (Å²) in [5.74, 6) is 0.502. The zero-order valence-electron chi connectivity index (χ0n) is 17.4. The molecule has 0 saturated heterocycles. The zero-order chi connectivity index (χ0) is 20.1. The Balaban J connectivity index is 1.70. The predicted molar refractivity (Wildman–Crippen MR) is 111 cm³/mol.